The SMILES string of the molecule is CC1(C)CN(CC(=O)NCC2CC2)CC(CN)O1. The fourth-order valence-electron chi connectivity index (χ4n) is 2.50. The van der Waals surface area contributed by atoms with Crippen molar-refractivity contribution in [2.45, 2.75) is 38.4 Å². The van der Waals surface area contributed by atoms with Crippen molar-refractivity contribution in [3.8, 4) is 0 Å². The monoisotopic (exact) mass is 255 g/mol. The molecular formula is C13H25N3O2. The van der Waals surface area contributed by atoms with E-state index in [2.05, 4.69) is 10.2 Å². The smallest absolute Gasteiger partial charge is 0.234 e. The molecule has 18 heavy (non-hydrogen) atoms. The normalized spacial score (nSPS) is 28.1. The van der Waals surface area contributed by atoms with Gasteiger partial charge in [-0.2, -0.15) is 0 Å². The summed E-state index contributed by atoms with van der Waals surface area (Å²) in [4.78, 5) is 14.0. The Morgan fingerprint density at radius 3 is 2.83 bits per heavy atom. The third-order valence-corrected chi connectivity index (χ3v) is 3.47. The van der Waals surface area contributed by atoms with Crippen LogP contribution in [-0.4, -0.2) is 55.2 Å². The Bertz CT molecular complexity index is 303. The van der Waals surface area contributed by atoms with E-state index in [1.807, 2.05) is 13.8 Å². The third kappa shape index (κ3) is 4.23. The van der Waals surface area contributed by atoms with Crippen LogP contribution >= 0.6 is 0 Å². The largest absolute Gasteiger partial charge is 0.368 e. The van der Waals surface area contributed by atoms with Crippen molar-refractivity contribution in [2.75, 3.05) is 32.7 Å². The zero-order valence-electron chi connectivity index (χ0n) is 11.4. The number of hydrogen-bond acceptors (Lipinski definition) is 4. The van der Waals surface area contributed by atoms with Gasteiger partial charge in [-0.1, -0.05) is 0 Å². The molecule has 0 bridgehead atoms. The molecule has 1 atom stereocenters. The number of carbonyl (C=O) groups is 1. The minimum absolute atomic E-state index is 0.0324. The lowest BCUT2D eigenvalue weighted by Gasteiger charge is -2.42. The van der Waals surface area contributed by atoms with E-state index in [1.54, 1.807) is 0 Å². The highest BCUT2D eigenvalue weighted by molar-refractivity contribution is 5.78. The lowest BCUT2D eigenvalue weighted by atomic mass is 10.1. The summed E-state index contributed by atoms with van der Waals surface area (Å²) in [6.45, 7) is 7.41. The molecule has 1 heterocycles. The van der Waals surface area contributed by atoms with Gasteiger partial charge in [0.05, 0.1) is 18.2 Å². The summed E-state index contributed by atoms with van der Waals surface area (Å²) < 4.78 is 5.84. The number of nitrogens with two attached hydrogens (primary N) is 1. The van der Waals surface area contributed by atoms with Crippen LogP contribution in [-0.2, 0) is 9.53 Å². The van der Waals surface area contributed by atoms with E-state index in [1.165, 1.54) is 12.8 Å². The van der Waals surface area contributed by atoms with Crippen LogP contribution in [0, 0.1) is 5.92 Å². The van der Waals surface area contributed by atoms with E-state index in [4.69, 9.17) is 10.5 Å². The molecule has 1 saturated carbocycles. The van der Waals surface area contributed by atoms with E-state index in [9.17, 15) is 4.79 Å². The number of morpholine rings is 1. The molecule has 2 fully saturated rings. The van der Waals surface area contributed by atoms with E-state index in [-0.39, 0.29) is 17.6 Å². The van der Waals surface area contributed by atoms with Gasteiger partial charge in [0, 0.05) is 26.2 Å². The van der Waals surface area contributed by atoms with E-state index in [0.29, 0.717) is 13.1 Å². The average Bonchev–Trinajstić information content (AvgIpc) is 3.07. The van der Waals surface area contributed by atoms with Crippen LogP contribution in [0.3, 0.4) is 0 Å². The summed E-state index contributed by atoms with van der Waals surface area (Å²) in [7, 11) is 0. The van der Waals surface area contributed by atoms with Crippen LogP contribution in [0.25, 0.3) is 0 Å². The third-order valence-electron chi connectivity index (χ3n) is 3.47. The Hall–Kier alpha value is -0.650. The molecule has 3 N–H and O–H groups in total. The van der Waals surface area contributed by atoms with Gasteiger partial charge in [0.25, 0.3) is 0 Å². The predicted molar refractivity (Wildman–Crippen MR) is 70.2 cm³/mol. The second-order valence-electron chi connectivity index (χ2n) is 6.15. The molecule has 2 aliphatic rings. The van der Waals surface area contributed by atoms with Gasteiger partial charge in [0.15, 0.2) is 0 Å². The van der Waals surface area contributed by atoms with Gasteiger partial charge < -0.3 is 15.8 Å². The van der Waals surface area contributed by atoms with Crippen molar-refractivity contribution in [1.82, 2.24) is 10.2 Å². The molecule has 1 unspecified atom stereocenters. The summed E-state index contributed by atoms with van der Waals surface area (Å²) in [5.74, 6) is 0.849. The van der Waals surface area contributed by atoms with Crippen molar-refractivity contribution in [3.05, 3.63) is 0 Å². The number of carbonyl (C=O) groups excluding carboxylic acids is 1. The van der Waals surface area contributed by atoms with Crippen LogP contribution < -0.4 is 11.1 Å². The Morgan fingerprint density at radius 2 is 2.22 bits per heavy atom. The quantitative estimate of drug-likeness (QED) is 0.723. The molecule has 1 saturated heterocycles. The van der Waals surface area contributed by atoms with Gasteiger partial charge in [-0.15, -0.1) is 0 Å². The average molecular weight is 255 g/mol. The predicted octanol–water partition coefficient (Wildman–Crippen LogP) is -0.0493. The second-order valence-corrected chi connectivity index (χ2v) is 6.15. The zero-order valence-corrected chi connectivity index (χ0v) is 11.4. The van der Waals surface area contributed by atoms with Gasteiger partial charge in [-0.25, -0.2) is 0 Å². The zero-order chi connectivity index (χ0) is 13.2. The van der Waals surface area contributed by atoms with Gasteiger partial charge >= 0.3 is 0 Å². The highest BCUT2D eigenvalue weighted by Gasteiger charge is 2.33. The van der Waals surface area contributed by atoms with E-state index in [0.717, 1.165) is 25.6 Å². The van der Waals surface area contributed by atoms with Crippen molar-refractivity contribution < 1.29 is 9.53 Å². The van der Waals surface area contributed by atoms with Crippen LogP contribution in [0.1, 0.15) is 26.7 Å². The molecule has 104 valence electrons. The molecule has 5 nitrogen and oxygen atoms in total. The minimum Gasteiger partial charge on any atom is -0.368 e. The lowest BCUT2D eigenvalue weighted by molar-refractivity contribution is -0.141. The molecule has 2 rings (SSSR count). The Balaban J connectivity index is 1.77. The highest BCUT2D eigenvalue weighted by atomic mass is 16.5. The van der Waals surface area contributed by atoms with Gasteiger partial charge in [-0.05, 0) is 32.6 Å². The van der Waals surface area contributed by atoms with Crippen molar-refractivity contribution in [1.29, 1.82) is 0 Å². The Labute approximate surface area is 109 Å². The fourth-order valence-corrected chi connectivity index (χ4v) is 2.50. The lowest BCUT2D eigenvalue weighted by Crippen LogP contribution is -2.56. The second kappa shape index (κ2) is 5.55. The van der Waals surface area contributed by atoms with Gasteiger partial charge in [-0.3, -0.25) is 9.69 Å². The first-order valence-electron chi connectivity index (χ1n) is 6.85. The van der Waals surface area contributed by atoms with Crippen LogP contribution in [0.4, 0.5) is 0 Å². The van der Waals surface area contributed by atoms with Crippen LogP contribution in [0.2, 0.25) is 0 Å². The first kappa shape index (κ1) is 13.8. The maximum atomic E-state index is 11.8. The first-order valence-corrected chi connectivity index (χ1v) is 6.85. The van der Waals surface area contributed by atoms with Gasteiger partial charge in [0.1, 0.15) is 0 Å². The Morgan fingerprint density at radius 1 is 1.50 bits per heavy atom. The molecule has 0 radical (unpaired) electrons. The summed E-state index contributed by atoms with van der Waals surface area (Å²) in [6.07, 6.45) is 2.56. The summed E-state index contributed by atoms with van der Waals surface area (Å²) >= 11 is 0. The number of amides is 1. The Kier molecular flexibility index (Phi) is 4.25. The number of rotatable bonds is 5. The number of nitrogens with zero attached hydrogens (tertiary/aromatic N) is 1. The van der Waals surface area contributed by atoms with Crippen molar-refractivity contribution in [3.63, 3.8) is 0 Å². The molecule has 1 amide bonds. The van der Waals surface area contributed by atoms with Crippen LogP contribution in [0.15, 0.2) is 0 Å². The summed E-state index contributed by atoms with van der Waals surface area (Å²) in [5, 5.41) is 3.00. The maximum absolute atomic E-state index is 11.8. The topological polar surface area (TPSA) is 67.6 Å². The summed E-state index contributed by atoms with van der Waals surface area (Å²) in [5.41, 5.74) is 5.45. The standard InChI is InChI=1S/C13H25N3O2/c1-13(2)9-16(7-11(5-14)18-13)8-12(17)15-6-10-3-4-10/h10-11H,3-9,14H2,1-2H3,(H,15,17). The maximum Gasteiger partial charge on any atom is 0.234 e. The number of nitrogens with one attached hydrogen (secondary N) is 1. The van der Waals surface area contributed by atoms with Gasteiger partial charge in [0.2, 0.25) is 5.91 Å². The number of ether oxygens (including phenoxy) is 1. The molecular weight excluding hydrogens is 230 g/mol. The van der Waals surface area contributed by atoms with Crippen LogP contribution in [0.5, 0.6) is 0 Å². The molecule has 0 aromatic carbocycles. The molecule has 0 spiro atoms. The van der Waals surface area contributed by atoms with Crippen molar-refractivity contribution >= 4 is 5.91 Å². The first-order chi connectivity index (χ1) is 8.48. The molecule has 1 aliphatic heterocycles. The minimum atomic E-state index is -0.223. The molecule has 5 heteroatoms. The number of hydrogen-bond donors (Lipinski definition) is 2. The molecule has 0 aromatic rings. The van der Waals surface area contributed by atoms with E-state index < -0.39 is 0 Å². The molecule has 1 aliphatic carbocycles. The highest BCUT2D eigenvalue weighted by Crippen LogP contribution is 2.27. The summed E-state index contributed by atoms with van der Waals surface area (Å²) in [6, 6.07) is 0. The van der Waals surface area contributed by atoms with E-state index >= 15 is 0 Å². The van der Waals surface area contributed by atoms with Crippen molar-refractivity contribution in [2.24, 2.45) is 11.7 Å². The molecule has 0 aromatic heterocycles. The fraction of sp³-hybridized carbons (Fsp3) is 0.923.